The van der Waals surface area contributed by atoms with Crippen molar-refractivity contribution in [2.75, 3.05) is 33.8 Å². The van der Waals surface area contributed by atoms with Gasteiger partial charge in [-0.2, -0.15) is 0 Å². The lowest BCUT2D eigenvalue weighted by atomic mass is 9.88. The first kappa shape index (κ1) is 9.44. The summed E-state index contributed by atoms with van der Waals surface area (Å²) in [6.45, 7) is 3.17. The SMILES string of the molecule is CN(C)C1COC2(CCNCC2)C1. The Hall–Kier alpha value is -0.120. The fourth-order valence-corrected chi connectivity index (χ4v) is 2.38. The molecule has 0 bridgehead atoms. The molecule has 0 radical (unpaired) electrons. The van der Waals surface area contributed by atoms with Crippen LogP contribution in [0.3, 0.4) is 0 Å². The second-order valence-corrected chi connectivity index (χ2v) is 4.57. The van der Waals surface area contributed by atoms with Crippen LogP contribution >= 0.6 is 0 Å². The molecule has 0 aliphatic carbocycles. The molecule has 2 aliphatic rings. The van der Waals surface area contributed by atoms with Gasteiger partial charge in [-0.1, -0.05) is 0 Å². The molecule has 1 atom stereocenters. The van der Waals surface area contributed by atoms with Gasteiger partial charge in [0, 0.05) is 6.04 Å². The smallest absolute Gasteiger partial charge is 0.0723 e. The van der Waals surface area contributed by atoms with Gasteiger partial charge in [0.15, 0.2) is 0 Å². The van der Waals surface area contributed by atoms with E-state index in [-0.39, 0.29) is 5.60 Å². The van der Waals surface area contributed by atoms with Crippen molar-refractivity contribution >= 4 is 0 Å². The van der Waals surface area contributed by atoms with Gasteiger partial charge in [-0.25, -0.2) is 0 Å². The summed E-state index contributed by atoms with van der Waals surface area (Å²) in [7, 11) is 4.29. The van der Waals surface area contributed by atoms with Gasteiger partial charge in [0.2, 0.25) is 0 Å². The molecule has 0 amide bonds. The summed E-state index contributed by atoms with van der Waals surface area (Å²) in [5, 5.41) is 3.39. The van der Waals surface area contributed by atoms with Crippen molar-refractivity contribution in [2.45, 2.75) is 30.9 Å². The molecular weight excluding hydrogens is 164 g/mol. The molecule has 3 heteroatoms. The third-order valence-electron chi connectivity index (χ3n) is 3.43. The van der Waals surface area contributed by atoms with Crippen LogP contribution in [0.25, 0.3) is 0 Å². The zero-order valence-electron chi connectivity index (χ0n) is 8.68. The predicted octanol–water partition coefficient (Wildman–Crippen LogP) is 0.459. The van der Waals surface area contributed by atoms with Gasteiger partial charge in [0.05, 0.1) is 12.2 Å². The lowest BCUT2D eigenvalue weighted by molar-refractivity contribution is -0.0199. The number of nitrogens with zero attached hydrogens (tertiary/aromatic N) is 1. The van der Waals surface area contributed by atoms with E-state index in [1.54, 1.807) is 0 Å². The minimum atomic E-state index is 0.222. The molecule has 13 heavy (non-hydrogen) atoms. The lowest BCUT2D eigenvalue weighted by Crippen LogP contribution is -2.42. The Morgan fingerprint density at radius 1 is 1.31 bits per heavy atom. The van der Waals surface area contributed by atoms with Crippen molar-refractivity contribution in [1.82, 2.24) is 10.2 Å². The van der Waals surface area contributed by atoms with E-state index in [1.165, 1.54) is 19.3 Å². The van der Waals surface area contributed by atoms with Crippen LogP contribution in [0.5, 0.6) is 0 Å². The van der Waals surface area contributed by atoms with Crippen molar-refractivity contribution in [3.63, 3.8) is 0 Å². The summed E-state index contributed by atoms with van der Waals surface area (Å²) in [5.41, 5.74) is 0.222. The first-order chi connectivity index (χ1) is 6.22. The lowest BCUT2D eigenvalue weighted by Gasteiger charge is -2.33. The molecule has 1 spiro atoms. The number of nitrogens with one attached hydrogen (secondary N) is 1. The summed E-state index contributed by atoms with van der Waals surface area (Å²) in [4.78, 5) is 2.29. The maximum atomic E-state index is 5.97. The van der Waals surface area contributed by atoms with Gasteiger partial charge in [-0.15, -0.1) is 0 Å². The Labute approximate surface area is 80.4 Å². The van der Waals surface area contributed by atoms with Crippen molar-refractivity contribution in [2.24, 2.45) is 0 Å². The first-order valence-electron chi connectivity index (χ1n) is 5.23. The molecule has 2 saturated heterocycles. The van der Waals surface area contributed by atoms with E-state index in [1.807, 2.05) is 0 Å². The molecular formula is C10H20N2O. The molecule has 0 aromatic carbocycles. The quantitative estimate of drug-likeness (QED) is 0.641. The molecule has 0 saturated carbocycles. The third-order valence-corrected chi connectivity index (χ3v) is 3.43. The molecule has 1 unspecified atom stereocenters. The van der Waals surface area contributed by atoms with E-state index in [2.05, 4.69) is 24.3 Å². The average molecular weight is 184 g/mol. The molecule has 0 aromatic heterocycles. The highest BCUT2D eigenvalue weighted by Crippen LogP contribution is 2.35. The number of rotatable bonds is 1. The average Bonchev–Trinajstić information content (AvgIpc) is 2.51. The molecule has 2 aliphatic heterocycles. The Morgan fingerprint density at radius 2 is 2.00 bits per heavy atom. The zero-order chi connectivity index (χ0) is 9.31. The van der Waals surface area contributed by atoms with Gasteiger partial charge in [-0.05, 0) is 46.4 Å². The third kappa shape index (κ3) is 1.87. The number of ether oxygens (including phenoxy) is 1. The minimum Gasteiger partial charge on any atom is -0.373 e. The highest BCUT2D eigenvalue weighted by molar-refractivity contribution is 4.95. The van der Waals surface area contributed by atoms with Crippen LogP contribution in [0.2, 0.25) is 0 Å². The zero-order valence-corrected chi connectivity index (χ0v) is 8.68. The Kier molecular flexibility index (Phi) is 2.58. The van der Waals surface area contributed by atoms with Crippen LogP contribution in [0.15, 0.2) is 0 Å². The standard InChI is InChI=1S/C10H20N2O/c1-12(2)9-7-10(13-8-9)3-5-11-6-4-10/h9,11H,3-8H2,1-2H3. The van der Waals surface area contributed by atoms with E-state index in [9.17, 15) is 0 Å². The van der Waals surface area contributed by atoms with Crippen LogP contribution in [0.1, 0.15) is 19.3 Å². The number of hydrogen-bond acceptors (Lipinski definition) is 3. The topological polar surface area (TPSA) is 24.5 Å². The second kappa shape index (κ2) is 3.56. The summed E-state index contributed by atoms with van der Waals surface area (Å²) in [5.74, 6) is 0. The van der Waals surface area contributed by atoms with Crippen molar-refractivity contribution in [3.05, 3.63) is 0 Å². The molecule has 2 rings (SSSR count). The number of piperidine rings is 1. The second-order valence-electron chi connectivity index (χ2n) is 4.57. The van der Waals surface area contributed by atoms with E-state index in [0.717, 1.165) is 19.7 Å². The summed E-state index contributed by atoms with van der Waals surface area (Å²) in [6, 6.07) is 0.637. The fraction of sp³-hybridized carbons (Fsp3) is 1.00. The minimum absolute atomic E-state index is 0.222. The Balaban J connectivity index is 1.94. The van der Waals surface area contributed by atoms with Crippen LogP contribution < -0.4 is 5.32 Å². The molecule has 2 fully saturated rings. The predicted molar refractivity (Wildman–Crippen MR) is 52.9 cm³/mol. The van der Waals surface area contributed by atoms with Crippen LogP contribution in [0, 0.1) is 0 Å². The highest BCUT2D eigenvalue weighted by Gasteiger charge is 2.41. The van der Waals surface area contributed by atoms with Crippen molar-refractivity contribution < 1.29 is 4.74 Å². The fourth-order valence-electron chi connectivity index (χ4n) is 2.38. The van der Waals surface area contributed by atoms with E-state index < -0.39 is 0 Å². The van der Waals surface area contributed by atoms with Crippen molar-refractivity contribution in [1.29, 1.82) is 0 Å². The summed E-state index contributed by atoms with van der Waals surface area (Å²) in [6.07, 6.45) is 3.61. The van der Waals surface area contributed by atoms with Crippen LogP contribution in [-0.4, -0.2) is 50.3 Å². The van der Waals surface area contributed by atoms with Crippen molar-refractivity contribution in [3.8, 4) is 0 Å². The largest absolute Gasteiger partial charge is 0.373 e. The van der Waals surface area contributed by atoms with E-state index in [0.29, 0.717) is 6.04 Å². The number of hydrogen-bond donors (Lipinski definition) is 1. The summed E-state index contributed by atoms with van der Waals surface area (Å²) >= 11 is 0. The molecule has 0 aromatic rings. The first-order valence-corrected chi connectivity index (χ1v) is 5.23. The maximum absolute atomic E-state index is 5.97. The monoisotopic (exact) mass is 184 g/mol. The van der Waals surface area contributed by atoms with Gasteiger partial charge in [-0.3, -0.25) is 0 Å². The Morgan fingerprint density at radius 3 is 2.54 bits per heavy atom. The van der Waals surface area contributed by atoms with Gasteiger partial charge >= 0.3 is 0 Å². The van der Waals surface area contributed by atoms with Gasteiger partial charge in [0.1, 0.15) is 0 Å². The molecule has 76 valence electrons. The van der Waals surface area contributed by atoms with Gasteiger partial charge < -0.3 is 15.0 Å². The number of likely N-dealkylation sites (N-methyl/N-ethyl adjacent to an activating group) is 1. The molecule has 2 heterocycles. The van der Waals surface area contributed by atoms with Gasteiger partial charge in [0.25, 0.3) is 0 Å². The van der Waals surface area contributed by atoms with E-state index >= 15 is 0 Å². The molecule has 3 nitrogen and oxygen atoms in total. The van der Waals surface area contributed by atoms with Crippen LogP contribution in [-0.2, 0) is 4.74 Å². The Bertz CT molecular complexity index is 176. The van der Waals surface area contributed by atoms with E-state index in [4.69, 9.17) is 4.74 Å². The normalized spacial score (nSPS) is 33.0. The molecule has 1 N–H and O–H groups in total. The summed E-state index contributed by atoms with van der Waals surface area (Å²) < 4.78 is 5.97. The highest BCUT2D eigenvalue weighted by atomic mass is 16.5. The van der Waals surface area contributed by atoms with Crippen LogP contribution in [0.4, 0.5) is 0 Å². The maximum Gasteiger partial charge on any atom is 0.0723 e.